The van der Waals surface area contributed by atoms with Gasteiger partial charge >= 0.3 is 0 Å². The van der Waals surface area contributed by atoms with E-state index in [0.717, 1.165) is 33.2 Å². The summed E-state index contributed by atoms with van der Waals surface area (Å²) in [5, 5.41) is 5.73. The maximum atomic E-state index is 4.73. The minimum Gasteiger partial charge on any atom is -0.355 e. The number of anilines is 2. The molecule has 1 aromatic heterocycles. The van der Waals surface area contributed by atoms with Crippen molar-refractivity contribution in [3.8, 4) is 0 Å². The molecule has 0 bridgehead atoms. The zero-order chi connectivity index (χ0) is 14.1. The summed E-state index contributed by atoms with van der Waals surface area (Å²) in [6.07, 6.45) is 0. The van der Waals surface area contributed by atoms with Crippen LogP contribution >= 0.6 is 0 Å². The molecule has 0 atom stereocenters. The van der Waals surface area contributed by atoms with Crippen molar-refractivity contribution < 1.29 is 0 Å². The number of pyridine rings is 1. The van der Waals surface area contributed by atoms with E-state index in [9.17, 15) is 0 Å². The first kappa shape index (κ1) is 11.9. The van der Waals surface area contributed by atoms with Crippen LogP contribution in [0.1, 0.15) is 0 Å². The van der Waals surface area contributed by atoms with E-state index < -0.39 is 0 Å². The number of fused-ring (bicyclic) bond motifs is 2. The quantitative estimate of drug-likeness (QED) is 0.522. The summed E-state index contributed by atoms with van der Waals surface area (Å²) in [6.45, 7) is 0. The van der Waals surface area contributed by atoms with E-state index in [0.29, 0.717) is 0 Å². The third-order valence-corrected chi connectivity index (χ3v) is 3.56. The van der Waals surface area contributed by atoms with Gasteiger partial charge in [0.25, 0.3) is 0 Å². The van der Waals surface area contributed by atoms with Crippen molar-refractivity contribution in [2.75, 3.05) is 5.32 Å². The Bertz CT molecular complexity index is 914. The molecule has 0 unspecified atom stereocenters. The third-order valence-electron chi connectivity index (χ3n) is 3.56. The first-order valence-electron chi connectivity index (χ1n) is 6.92. The molecule has 1 heterocycles. The fraction of sp³-hybridized carbons (Fsp3) is 0. The van der Waals surface area contributed by atoms with E-state index in [1.165, 1.54) is 0 Å². The summed E-state index contributed by atoms with van der Waals surface area (Å²) < 4.78 is 0. The highest BCUT2D eigenvalue weighted by molar-refractivity contribution is 6.00. The van der Waals surface area contributed by atoms with Gasteiger partial charge in [-0.2, -0.15) is 0 Å². The molecule has 0 saturated carbocycles. The molecule has 0 spiro atoms. The van der Waals surface area contributed by atoms with Crippen LogP contribution in [-0.4, -0.2) is 4.98 Å². The molecule has 0 aliphatic heterocycles. The molecular formula is C19H13N2. The molecule has 1 N–H and O–H groups in total. The second-order valence-corrected chi connectivity index (χ2v) is 4.97. The van der Waals surface area contributed by atoms with E-state index in [1.54, 1.807) is 0 Å². The van der Waals surface area contributed by atoms with Gasteiger partial charge in [-0.3, -0.25) is 0 Å². The number of nitrogens with one attached hydrogen (secondary N) is 1. The van der Waals surface area contributed by atoms with E-state index in [2.05, 4.69) is 29.6 Å². The van der Waals surface area contributed by atoms with E-state index >= 15 is 0 Å². The first-order chi connectivity index (χ1) is 10.4. The predicted octanol–water partition coefficient (Wildman–Crippen LogP) is 4.93. The third kappa shape index (κ3) is 2.21. The van der Waals surface area contributed by atoms with Crippen molar-refractivity contribution in [3.05, 3.63) is 78.9 Å². The van der Waals surface area contributed by atoms with Gasteiger partial charge in [-0.05, 0) is 42.5 Å². The summed E-state index contributed by atoms with van der Waals surface area (Å²) in [7, 11) is 0. The zero-order valence-corrected chi connectivity index (χ0v) is 11.4. The molecule has 3 aromatic carbocycles. The van der Waals surface area contributed by atoms with Gasteiger partial charge in [-0.15, -0.1) is 0 Å². The number of rotatable bonds is 2. The topological polar surface area (TPSA) is 24.9 Å². The Morgan fingerprint density at radius 2 is 1.62 bits per heavy atom. The molecule has 2 nitrogen and oxygen atoms in total. The maximum absolute atomic E-state index is 4.73. The molecule has 0 fully saturated rings. The summed E-state index contributed by atoms with van der Waals surface area (Å²) in [4.78, 5) is 4.73. The van der Waals surface area contributed by atoms with E-state index in [-0.39, 0.29) is 0 Å². The van der Waals surface area contributed by atoms with Gasteiger partial charge in [0.15, 0.2) is 0 Å². The van der Waals surface area contributed by atoms with Gasteiger partial charge < -0.3 is 5.32 Å². The highest BCUT2D eigenvalue weighted by Crippen LogP contribution is 2.28. The average molecular weight is 269 g/mol. The van der Waals surface area contributed by atoms with Gasteiger partial charge in [0.1, 0.15) is 0 Å². The first-order valence-corrected chi connectivity index (χ1v) is 6.92. The standard InChI is InChI=1S/C19H13N2/c1-2-8-15(9-3-1)20-18-11-6-12-19-16(18)13-14-7-4-5-10-17(14)21-19/h2-13,20H. The van der Waals surface area contributed by atoms with Crippen molar-refractivity contribution in [1.29, 1.82) is 0 Å². The van der Waals surface area contributed by atoms with Crippen molar-refractivity contribution in [1.82, 2.24) is 4.98 Å². The van der Waals surface area contributed by atoms with Crippen LogP contribution in [-0.2, 0) is 0 Å². The molecule has 4 rings (SSSR count). The van der Waals surface area contributed by atoms with Crippen LogP contribution in [0.3, 0.4) is 0 Å². The smallest absolute Gasteiger partial charge is 0.0730 e. The van der Waals surface area contributed by atoms with Crippen LogP contribution in [0.4, 0.5) is 11.4 Å². The Kier molecular flexibility index (Phi) is 2.79. The molecule has 4 aromatic rings. The summed E-state index contributed by atoms with van der Waals surface area (Å²) >= 11 is 0. The molecule has 2 heteroatoms. The van der Waals surface area contributed by atoms with Crippen LogP contribution < -0.4 is 5.32 Å². The fourth-order valence-electron chi connectivity index (χ4n) is 2.53. The minimum absolute atomic E-state index is 1.00. The van der Waals surface area contributed by atoms with Gasteiger partial charge in [0, 0.05) is 22.1 Å². The number of benzene rings is 3. The maximum Gasteiger partial charge on any atom is 0.0730 e. The molecule has 0 saturated heterocycles. The lowest BCUT2D eigenvalue weighted by molar-refractivity contribution is 1.49. The highest BCUT2D eigenvalue weighted by Gasteiger charge is 2.04. The molecular weight excluding hydrogens is 256 g/mol. The number of hydrogen-bond donors (Lipinski definition) is 1. The number of hydrogen-bond acceptors (Lipinski definition) is 2. The van der Waals surface area contributed by atoms with Crippen LogP contribution in [0.2, 0.25) is 0 Å². The molecule has 0 aliphatic carbocycles. The largest absolute Gasteiger partial charge is 0.355 e. The van der Waals surface area contributed by atoms with Crippen LogP contribution in [0.5, 0.6) is 0 Å². The summed E-state index contributed by atoms with van der Waals surface area (Å²) in [5.41, 5.74) is 4.14. The van der Waals surface area contributed by atoms with Crippen molar-refractivity contribution >= 4 is 33.2 Å². The average Bonchev–Trinajstić information content (AvgIpc) is 2.54. The van der Waals surface area contributed by atoms with Crippen LogP contribution in [0, 0.1) is 6.07 Å². The molecule has 0 amide bonds. The number of nitrogens with zero attached hydrogens (tertiary/aromatic N) is 1. The van der Waals surface area contributed by atoms with Gasteiger partial charge in [0.05, 0.1) is 11.0 Å². The van der Waals surface area contributed by atoms with Crippen molar-refractivity contribution in [2.45, 2.75) is 0 Å². The Balaban J connectivity index is 1.90. The van der Waals surface area contributed by atoms with Gasteiger partial charge in [0.2, 0.25) is 0 Å². The molecule has 1 radical (unpaired) electrons. The van der Waals surface area contributed by atoms with E-state index in [1.807, 2.05) is 54.6 Å². The van der Waals surface area contributed by atoms with Gasteiger partial charge in [-0.25, -0.2) is 4.98 Å². The second kappa shape index (κ2) is 4.91. The molecule has 99 valence electrons. The van der Waals surface area contributed by atoms with E-state index in [4.69, 9.17) is 4.98 Å². The number of aromatic nitrogens is 1. The Morgan fingerprint density at radius 1 is 0.810 bits per heavy atom. The highest BCUT2D eigenvalue weighted by atomic mass is 14.9. The second-order valence-electron chi connectivity index (χ2n) is 4.97. The van der Waals surface area contributed by atoms with Crippen molar-refractivity contribution in [3.63, 3.8) is 0 Å². The van der Waals surface area contributed by atoms with Crippen LogP contribution in [0.25, 0.3) is 21.8 Å². The summed E-state index contributed by atoms with van der Waals surface area (Å²) in [5.74, 6) is 0. The minimum atomic E-state index is 1.00. The lowest BCUT2D eigenvalue weighted by atomic mass is 10.1. The zero-order valence-electron chi connectivity index (χ0n) is 11.4. The lowest BCUT2D eigenvalue weighted by Crippen LogP contribution is -1.92. The lowest BCUT2D eigenvalue weighted by Gasteiger charge is -2.10. The Hall–Kier alpha value is -2.87. The van der Waals surface area contributed by atoms with Gasteiger partial charge in [-0.1, -0.05) is 36.4 Å². The Labute approximate surface area is 123 Å². The molecule has 21 heavy (non-hydrogen) atoms. The van der Waals surface area contributed by atoms with Crippen LogP contribution in [0.15, 0.2) is 72.8 Å². The Morgan fingerprint density at radius 3 is 2.52 bits per heavy atom. The van der Waals surface area contributed by atoms with Crippen molar-refractivity contribution in [2.24, 2.45) is 0 Å². The summed E-state index contributed by atoms with van der Waals surface area (Å²) in [6, 6.07) is 27.4. The predicted molar refractivity (Wildman–Crippen MR) is 87.8 cm³/mol. The monoisotopic (exact) mass is 269 g/mol. The normalized spacial score (nSPS) is 10.9. The fourth-order valence-corrected chi connectivity index (χ4v) is 2.53. The molecule has 0 aliphatic rings. The SMILES string of the molecule is [c]1ccc(Nc2cccc3nc4ccccc4cc23)cc1. The number of para-hydroxylation sites is 1.